The van der Waals surface area contributed by atoms with Gasteiger partial charge in [0.25, 0.3) is 0 Å². The lowest BCUT2D eigenvalue weighted by molar-refractivity contribution is 0.572. The van der Waals surface area contributed by atoms with Gasteiger partial charge in [0, 0.05) is 11.9 Å². The molecule has 1 rings (SSSR count). The molecule has 0 bridgehead atoms. The van der Waals surface area contributed by atoms with Crippen molar-refractivity contribution in [1.29, 1.82) is 0 Å². The minimum absolute atomic E-state index is 0.255. The number of hydrogen-bond donors (Lipinski definition) is 1. The van der Waals surface area contributed by atoms with E-state index in [1.165, 1.54) is 11.3 Å². The van der Waals surface area contributed by atoms with Crippen LogP contribution in [-0.4, -0.2) is 20.3 Å². The monoisotopic (exact) mass is 331 g/mol. The molecule has 7 heteroatoms. The van der Waals surface area contributed by atoms with E-state index in [4.69, 9.17) is 11.6 Å². The Morgan fingerprint density at radius 1 is 1.67 bits per heavy atom. The second-order valence-electron chi connectivity index (χ2n) is 3.20. The van der Waals surface area contributed by atoms with Crippen LogP contribution in [-0.2, 0) is 10.0 Å². The second kappa shape index (κ2) is 5.14. The summed E-state index contributed by atoms with van der Waals surface area (Å²) < 4.78 is 27.2. The fourth-order valence-electron chi connectivity index (χ4n) is 0.919. The van der Waals surface area contributed by atoms with Crippen molar-refractivity contribution in [1.82, 2.24) is 4.72 Å². The molecule has 0 aliphatic rings. The summed E-state index contributed by atoms with van der Waals surface area (Å²) in [5.41, 5.74) is 0.916. The predicted octanol–water partition coefficient (Wildman–Crippen LogP) is 2.72. The van der Waals surface area contributed by atoms with E-state index in [-0.39, 0.29) is 11.9 Å². The molecule has 0 saturated carbocycles. The highest BCUT2D eigenvalue weighted by Crippen LogP contribution is 2.30. The van der Waals surface area contributed by atoms with Crippen molar-refractivity contribution < 1.29 is 8.42 Å². The van der Waals surface area contributed by atoms with Crippen molar-refractivity contribution in [3.8, 4) is 0 Å². The van der Waals surface area contributed by atoms with Crippen LogP contribution in [0, 0.1) is 6.92 Å². The third-order valence-corrected chi connectivity index (χ3v) is 6.35. The molecular formula is C8H11BrClNO2S2. The topological polar surface area (TPSA) is 46.2 Å². The van der Waals surface area contributed by atoms with E-state index in [1.54, 1.807) is 13.0 Å². The number of aryl methyl sites for hydroxylation is 1. The van der Waals surface area contributed by atoms with Crippen molar-refractivity contribution in [2.75, 3.05) is 5.88 Å². The Morgan fingerprint density at radius 3 is 2.67 bits per heavy atom. The van der Waals surface area contributed by atoms with Crippen LogP contribution in [0.5, 0.6) is 0 Å². The van der Waals surface area contributed by atoms with Gasteiger partial charge < -0.3 is 0 Å². The van der Waals surface area contributed by atoms with Gasteiger partial charge in [-0.1, -0.05) is 0 Å². The maximum absolute atomic E-state index is 11.8. The minimum atomic E-state index is -3.42. The number of rotatable bonds is 4. The van der Waals surface area contributed by atoms with Crippen molar-refractivity contribution in [3.63, 3.8) is 0 Å². The van der Waals surface area contributed by atoms with E-state index in [0.717, 1.165) is 9.35 Å². The third kappa shape index (κ3) is 3.42. The van der Waals surface area contributed by atoms with Gasteiger partial charge in [-0.2, -0.15) is 0 Å². The van der Waals surface area contributed by atoms with E-state index in [9.17, 15) is 8.42 Å². The lowest BCUT2D eigenvalue weighted by Crippen LogP contribution is -2.33. The van der Waals surface area contributed by atoms with Gasteiger partial charge in [-0.3, -0.25) is 0 Å². The highest BCUT2D eigenvalue weighted by atomic mass is 79.9. The van der Waals surface area contributed by atoms with Gasteiger partial charge in [-0.25, -0.2) is 13.1 Å². The average Bonchev–Trinajstić information content (AvgIpc) is 2.47. The van der Waals surface area contributed by atoms with Crippen LogP contribution in [0.2, 0.25) is 0 Å². The van der Waals surface area contributed by atoms with Crippen molar-refractivity contribution in [2.45, 2.75) is 24.1 Å². The fraction of sp³-hybridized carbons (Fsp3) is 0.500. The lowest BCUT2D eigenvalue weighted by Gasteiger charge is -2.09. The summed E-state index contributed by atoms with van der Waals surface area (Å²) >= 11 is 10.0. The molecule has 0 saturated heterocycles. The van der Waals surface area contributed by atoms with Gasteiger partial charge in [-0.15, -0.1) is 22.9 Å². The van der Waals surface area contributed by atoms with Gasteiger partial charge in [0.2, 0.25) is 10.0 Å². The summed E-state index contributed by atoms with van der Waals surface area (Å²) in [5, 5.41) is 0. The van der Waals surface area contributed by atoms with Crippen LogP contribution in [0.25, 0.3) is 0 Å². The second-order valence-corrected chi connectivity index (χ2v) is 7.82. The van der Waals surface area contributed by atoms with Gasteiger partial charge in [0.1, 0.15) is 4.21 Å². The van der Waals surface area contributed by atoms with Crippen LogP contribution in [0.4, 0.5) is 0 Å². The first-order valence-corrected chi connectivity index (χ1v) is 7.83. The minimum Gasteiger partial charge on any atom is -0.206 e. The molecule has 1 aromatic heterocycles. The van der Waals surface area contributed by atoms with E-state index in [0.29, 0.717) is 4.21 Å². The van der Waals surface area contributed by atoms with Gasteiger partial charge in [0.05, 0.1) is 3.79 Å². The number of halogens is 2. The van der Waals surface area contributed by atoms with Crippen LogP contribution in [0.1, 0.15) is 12.5 Å². The molecule has 0 aromatic carbocycles. The van der Waals surface area contributed by atoms with Crippen molar-refractivity contribution in [3.05, 3.63) is 15.4 Å². The Kier molecular flexibility index (Phi) is 4.61. The number of sulfonamides is 1. The lowest BCUT2D eigenvalue weighted by atomic mass is 10.4. The molecule has 0 spiro atoms. The summed E-state index contributed by atoms with van der Waals surface area (Å²) in [6.07, 6.45) is 0. The molecule has 86 valence electrons. The molecule has 15 heavy (non-hydrogen) atoms. The maximum atomic E-state index is 11.8. The van der Waals surface area contributed by atoms with Crippen LogP contribution in [0.3, 0.4) is 0 Å². The number of alkyl halides is 1. The van der Waals surface area contributed by atoms with Crippen LogP contribution in [0.15, 0.2) is 14.1 Å². The largest absolute Gasteiger partial charge is 0.250 e. The third-order valence-electron chi connectivity index (χ3n) is 1.69. The van der Waals surface area contributed by atoms with Crippen LogP contribution >= 0.6 is 38.9 Å². The highest BCUT2D eigenvalue weighted by molar-refractivity contribution is 9.11. The molecule has 3 nitrogen and oxygen atoms in total. The smallest absolute Gasteiger partial charge is 0.206 e. The number of hydrogen-bond acceptors (Lipinski definition) is 3. The summed E-state index contributed by atoms with van der Waals surface area (Å²) in [7, 11) is -3.42. The molecule has 0 aliphatic heterocycles. The summed E-state index contributed by atoms with van der Waals surface area (Å²) in [6.45, 7) is 3.57. The highest BCUT2D eigenvalue weighted by Gasteiger charge is 2.20. The van der Waals surface area contributed by atoms with Gasteiger partial charge >= 0.3 is 0 Å². The standard InChI is InChI=1S/C8H11BrClNO2S2/c1-5-3-7(14-8(5)9)15(12,13)11-6(2)4-10/h3,6,11H,4H2,1-2H3. The number of nitrogens with one attached hydrogen (secondary N) is 1. The molecule has 1 heterocycles. The Hall–Kier alpha value is 0.380. The molecule has 0 aliphatic carbocycles. The first-order chi connectivity index (χ1) is 6.86. The first kappa shape index (κ1) is 13.4. The molecular weight excluding hydrogens is 322 g/mol. The molecule has 0 amide bonds. The number of thiophene rings is 1. The molecule has 1 aromatic rings. The Labute approximate surface area is 107 Å². The zero-order valence-electron chi connectivity index (χ0n) is 8.25. The summed E-state index contributed by atoms with van der Waals surface area (Å²) in [4.78, 5) is 0. The molecule has 0 fully saturated rings. The van der Waals surface area contributed by atoms with Crippen molar-refractivity contribution >= 4 is 48.9 Å². The average molecular weight is 333 g/mol. The predicted molar refractivity (Wildman–Crippen MR) is 67.3 cm³/mol. The van der Waals surface area contributed by atoms with Gasteiger partial charge in [0.15, 0.2) is 0 Å². The quantitative estimate of drug-likeness (QED) is 0.862. The molecule has 1 unspecified atom stereocenters. The van der Waals surface area contributed by atoms with E-state index >= 15 is 0 Å². The fourth-order valence-corrected chi connectivity index (χ4v) is 4.57. The van der Waals surface area contributed by atoms with Gasteiger partial charge in [-0.05, 0) is 41.4 Å². The zero-order valence-corrected chi connectivity index (χ0v) is 12.2. The summed E-state index contributed by atoms with van der Waals surface area (Å²) in [6, 6.07) is 1.37. The van der Waals surface area contributed by atoms with E-state index in [2.05, 4.69) is 20.7 Å². The Balaban J connectivity index is 2.96. The Morgan fingerprint density at radius 2 is 2.27 bits per heavy atom. The SMILES string of the molecule is Cc1cc(S(=O)(=O)NC(C)CCl)sc1Br. The molecule has 1 N–H and O–H groups in total. The maximum Gasteiger partial charge on any atom is 0.250 e. The molecule has 1 atom stereocenters. The summed E-state index contributed by atoms with van der Waals surface area (Å²) in [5.74, 6) is 0.255. The van der Waals surface area contributed by atoms with E-state index in [1.807, 2.05) is 6.92 Å². The van der Waals surface area contributed by atoms with E-state index < -0.39 is 10.0 Å². The van der Waals surface area contributed by atoms with Crippen molar-refractivity contribution in [2.24, 2.45) is 0 Å². The van der Waals surface area contributed by atoms with Crippen LogP contribution < -0.4 is 4.72 Å². The first-order valence-electron chi connectivity index (χ1n) is 4.21. The normalized spacial score (nSPS) is 14.1. The molecule has 0 radical (unpaired) electrons. The Bertz CT molecular complexity index is 424. The zero-order chi connectivity index (χ0) is 11.6.